The first-order valence-corrected chi connectivity index (χ1v) is 11.9. The van der Waals surface area contributed by atoms with Gasteiger partial charge in [-0.25, -0.2) is 4.79 Å². The minimum Gasteiger partial charge on any atom is -0.481 e. The zero-order valence-corrected chi connectivity index (χ0v) is 20.1. The van der Waals surface area contributed by atoms with Crippen molar-refractivity contribution in [2.75, 3.05) is 6.61 Å². The molecule has 0 spiro atoms. The molecule has 7 nitrogen and oxygen atoms in total. The summed E-state index contributed by atoms with van der Waals surface area (Å²) < 4.78 is 5.53. The Morgan fingerprint density at radius 3 is 2.17 bits per heavy atom. The van der Waals surface area contributed by atoms with Crippen LogP contribution in [0.2, 0.25) is 0 Å². The second-order valence-corrected chi connectivity index (χ2v) is 9.01. The van der Waals surface area contributed by atoms with Crippen LogP contribution in [-0.2, 0) is 14.3 Å². The quantitative estimate of drug-likeness (QED) is 0.419. The molecule has 0 radical (unpaired) electrons. The molecule has 35 heavy (non-hydrogen) atoms. The van der Waals surface area contributed by atoms with E-state index in [-0.39, 0.29) is 25.0 Å². The van der Waals surface area contributed by atoms with E-state index in [9.17, 15) is 14.4 Å². The molecule has 1 aliphatic rings. The van der Waals surface area contributed by atoms with Gasteiger partial charge in [-0.15, -0.1) is 12.3 Å². The van der Waals surface area contributed by atoms with Gasteiger partial charge in [0.05, 0.1) is 5.92 Å². The maximum absolute atomic E-state index is 12.7. The largest absolute Gasteiger partial charge is 0.481 e. The van der Waals surface area contributed by atoms with Crippen molar-refractivity contribution in [2.24, 2.45) is 5.92 Å². The van der Waals surface area contributed by atoms with Crippen molar-refractivity contribution in [1.29, 1.82) is 0 Å². The summed E-state index contributed by atoms with van der Waals surface area (Å²) in [5, 5.41) is 14.4. The Bertz CT molecular complexity index is 1060. The van der Waals surface area contributed by atoms with Crippen molar-refractivity contribution >= 4 is 18.0 Å². The number of ether oxygens (including phenoxy) is 1. The van der Waals surface area contributed by atoms with Crippen molar-refractivity contribution in [2.45, 2.75) is 57.5 Å². The number of aliphatic carboxylic acids is 1. The van der Waals surface area contributed by atoms with Crippen LogP contribution in [0.3, 0.4) is 0 Å². The number of hydrogen-bond acceptors (Lipinski definition) is 4. The number of carboxylic acid groups (broad SMARTS) is 1. The summed E-state index contributed by atoms with van der Waals surface area (Å²) in [6.45, 7) is 3.64. The molecule has 0 bridgehead atoms. The molecule has 1 aliphatic carbocycles. The van der Waals surface area contributed by atoms with E-state index >= 15 is 0 Å². The molecule has 184 valence electrons. The number of fused-ring (bicyclic) bond motifs is 3. The second kappa shape index (κ2) is 12.1. The molecule has 0 saturated heterocycles. The zero-order chi connectivity index (χ0) is 25.4. The lowest BCUT2D eigenvalue weighted by atomic mass is 9.98. The number of alkyl carbamates (subject to hydrolysis) is 1. The van der Waals surface area contributed by atoms with Crippen LogP contribution in [0.1, 0.15) is 56.6 Å². The van der Waals surface area contributed by atoms with E-state index in [0.717, 1.165) is 22.3 Å². The maximum atomic E-state index is 12.7. The summed E-state index contributed by atoms with van der Waals surface area (Å²) in [7, 11) is 0. The second-order valence-electron chi connectivity index (χ2n) is 9.01. The van der Waals surface area contributed by atoms with Gasteiger partial charge in [0.1, 0.15) is 12.6 Å². The molecule has 0 heterocycles. The van der Waals surface area contributed by atoms with Crippen LogP contribution in [-0.4, -0.2) is 41.8 Å². The highest BCUT2D eigenvalue weighted by atomic mass is 16.5. The fraction of sp³-hybridized carbons (Fsp3) is 0.393. The number of carbonyl (C=O) groups is 3. The Morgan fingerprint density at radius 1 is 1.00 bits per heavy atom. The molecule has 0 saturated carbocycles. The van der Waals surface area contributed by atoms with Gasteiger partial charge in [-0.05, 0) is 42.0 Å². The highest BCUT2D eigenvalue weighted by Gasteiger charge is 2.30. The first-order chi connectivity index (χ1) is 16.8. The fourth-order valence-corrected chi connectivity index (χ4v) is 4.38. The average Bonchev–Trinajstić information content (AvgIpc) is 3.16. The van der Waals surface area contributed by atoms with Gasteiger partial charge < -0.3 is 20.5 Å². The number of carboxylic acids is 1. The molecule has 2 aromatic rings. The van der Waals surface area contributed by atoms with Crippen molar-refractivity contribution in [3.05, 3.63) is 59.7 Å². The summed E-state index contributed by atoms with van der Waals surface area (Å²) in [6.07, 6.45) is 6.55. The molecule has 3 atom stereocenters. The third-order valence-electron chi connectivity index (χ3n) is 6.36. The number of terminal acetylenes is 1. The molecule has 2 aromatic carbocycles. The lowest BCUT2D eigenvalue weighted by Crippen LogP contribution is -2.49. The number of nitrogens with one attached hydrogen (secondary N) is 2. The molecule has 2 amide bonds. The van der Waals surface area contributed by atoms with Gasteiger partial charge in [-0.1, -0.05) is 61.9 Å². The van der Waals surface area contributed by atoms with E-state index < -0.39 is 29.9 Å². The van der Waals surface area contributed by atoms with Gasteiger partial charge in [0.25, 0.3) is 0 Å². The smallest absolute Gasteiger partial charge is 0.407 e. The number of carbonyl (C=O) groups excluding carboxylic acids is 2. The predicted octanol–water partition coefficient (Wildman–Crippen LogP) is 4.31. The van der Waals surface area contributed by atoms with E-state index in [1.54, 1.807) is 6.92 Å². The average molecular weight is 477 g/mol. The van der Waals surface area contributed by atoms with Gasteiger partial charge in [-0.2, -0.15) is 0 Å². The predicted molar refractivity (Wildman–Crippen MR) is 134 cm³/mol. The molecule has 7 heteroatoms. The van der Waals surface area contributed by atoms with E-state index in [1.165, 1.54) is 0 Å². The molecule has 3 rings (SSSR count). The highest BCUT2D eigenvalue weighted by molar-refractivity contribution is 5.86. The molecule has 0 aromatic heterocycles. The molecule has 3 unspecified atom stereocenters. The zero-order valence-electron chi connectivity index (χ0n) is 20.1. The van der Waals surface area contributed by atoms with Crippen molar-refractivity contribution in [3.63, 3.8) is 0 Å². The lowest BCUT2D eigenvalue weighted by Gasteiger charge is -2.21. The molecule has 3 N–H and O–H groups in total. The van der Waals surface area contributed by atoms with Gasteiger partial charge in [0, 0.05) is 18.4 Å². The van der Waals surface area contributed by atoms with Crippen molar-refractivity contribution in [3.8, 4) is 23.5 Å². The first-order valence-electron chi connectivity index (χ1n) is 11.9. The van der Waals surface area contributed by atoms with E-state index in [1.807, 2.05) is 43.3 Å². The van der Waals surface area contributed by atoms with Crippen LogP contribution in [0.25, 0.3) is 11.1 Å². The molecular weight excluding hydrogens is 444 g/mol. The Morgan fingerprint density at radius 2 is 1.60 bits per heavy atom. The number of rotatable bonds is 11. The summed E-state index contributed by atoms with van der Waals surface area (Å²) in [5.41, 5.74) is 4.47. The summed E-state index contributed by atoms with van der Waals surface area (Å²) in [4.78, 5) is 36.2. The minimum absolute atomic E-state index is 0.0266. The normalized spacial score (nSPS) is 14.5. The van der Waals surface area contributed by atoms with Crippen molar-refractivity contribution < 1.29 is 24.2 Å². The van der Waals surface area contributed by atoms with E-state index in [2.05, 4.69) is 28.7 Å². The summed E-state index contributed by atoms with van der Waals surface area (Å²) in [5.74, 6) is 0.690. The Labute approximate surface area is 206 Å². The molecular formula is C28H32N2O5. The Kier molecular flexibility index (Phi) is 8.91. The standard InChI is InChI=1S/C28H32N2O5/c1-4-10-25(26(31)29-19(3)12-9-11-18(2)27(32)33)30-28(34)35-17-24-22-15-7-5-13-20(22)21-14-6-8-16-23(21)24/h1,5-8,13-16,18-19,24-25H,9-12,17H2,2-3H3,(H,29,31)(H,30,34)(H,32,33). The van der Waals surface area contributed by atoms with Gasteiger partial charge in [-0.3, -0.25) is 9.59 Å². The molecule has 0 aliphatic heterocycles. The van der Waals surface area contributed by atoms with Gasteiger partial charge >= 0.3 is 12.1 Å². The van der Waals surface area contributed by atoms with Crippen molar-refractivity contribution in [1.82, 2.24) is 10.6 Å². The van der Waals surface area contributed by atoms with Crippen LogP contribution in [0.4, 0.5) is 4.79 Å². The topological polar surface area (TPSA) is 105 Å². The van der Waals surface area contributed by atoms with E-state index in [4.69, 9.17) is 16.3 Å². The summed E-state index contributed by atoms with van der Waals surface area (Å²) >= 11 is 0. The third kappa shape index (κ3) is 6.63. The Hall–Kier alpha value is -3.79. The first kappa shape index (κ1) is 25.8. The summed E-state index contributed by atoms with van der Waals surface area (Å²) in [6, 6.07) is 15.0. The number of hydrogen-bond donors (Lipinski definition) is 3. The maximum Gasteiger partial charge on any atom is 0.407 e. The van der Waals surface area contributed by atoms with Crippen LogP contribution < -0.4 is 10.6 Å². The van der Waals surface area contributed by atoms with Crippen LogP contribution in [0, 0.1) is 18.3 Å². The van der Waals surface area contributed by atoms with Gasteiger partial charge in [0.2, 0.25) is 5.91 Å². The fourth-order valence-electron chi connectivity index (χ4n) is 4.38. The van der Waals surface area contributed by atoms with E-state index in [0.29, 0.717) is 19.3 Å². The third-order valence-corrected chi connectivity index (χ3v) is 6.36. The highest BCUT2D eigenvalue weighted by Crippen LogP contribution is 2.44. The SMILES string of the molecule is C#CCC(NC(=O)OCC1c2ccccc2-c2ccccc21)C(=O)NC(C)CCCC(C)C(=O)O. The van der Waals surface area contributed by atoms with Crippen LogP contribution in [0.15, 0.2) is 48.5 Å². The number of benzene rings is 2. The van der Waals surface area contributed by atoms with Crippen LogP contribution in [0.5, 0.6) is 0 Å². The monoisotopic (exact) mass is 476 g/mol. The minimum atomic E-state index is -0.920. The van der Waals surface area contributed by atoms with Crippen LogP contribution >= 0.6 is 0 Å². The number of amides is 2. The Balaban J connectivity index is 1.53. The lowest BCUT2D eigenvalue weighted by molar-refractivity contribution is -0.141. The molecule has 0 fully saturated rings. The van der Waals surface area contributed by atoms with Gasteiger partial charge in [0.15, 0.2) is 0 Å².